The Morgan fingerprint density at radius 2 is 2.31 bits per heavy atom. The fourth-order valence-electron chi connectivity index (χ4n) is 0.874. The summed E-state index contributed by atoms with van der Waals surface area (Å²) in [4.78, 5) is 24.2. The summed E-state index contributed by atoms with van der Waals surface area (Å²) in [6.45, 7) is 0. The molecule has 82 valence electrons. The molecule has 0 aliphatic carbocycles. The third kappa shape index (κ3) is 2.45. The maximum absolute atomic E-state index is 10.7. The van der Waals surface area contributed by atoms with E-state index in [1.165, 1.54) is 13.3 Å². The molecule has 0 aliphatic rings. The lowest BCUT2D eigenvalue weighted by Crippen LogP contribution is -2.00. The van der Waals surface area contributed by atoms with Gasteiger partial charge in [-0.1, -0.05) is 5.92 Å². The van der Waals surface area contributed by atoms with Gasteiger partial charge >= 0.3 is 11.7 Å². The van der Waals surface area contributed by atoms with Gasteiger partial charge in [0.2, 0.25) is 0 Å². The van der Waals surface area contributed by atoms with Crippen LogP contribution >= 0.6 is 0 Å². The van der Waals surface area contributed by atoms with Crippen LogP contribution in [0.15, 0.2) is 12.4 Å². The summed E-state index contributed by atoms with van der Waals surface area (Å²) in [6, 6.07) is 0. The second-order valence-corrected chi connectivity index (χ2v) is 2.62. The quantitative estimate of drug-likeness (QED) is 0.311. The molecule has 7 nitrogen and oxygen atoms in total. The number of hydrogen-bond acceptors (Lipinski definition) is 6. The fourth-order valence-corrected chi connectivity index (χ4v) is 0.874. The Kier molecular flexibility index (Phi) is 3.40. The van der Waals surface area contributed by atoms with E-state index in [1.54, 1.807) is 0 Å². The van der Waals surface area contributed by atoms with Crippen LogP contribution in [0.1, 0.15) is 5.56 Å². The Labute approximate surface area is 90.4 Å². The predicted molar refractivity (Wildman–Crippen MR) is 54.2 cm³/mol. The summed E-state index contributed by atoms with van der Waals surface area (Å²) in [6.07, 6.45) is 2.25. The molecule has 0 aliphatic heterocycles. The zero-order chi connectivity index (χ0) is 12.1. The maximum atomic E-state index is 10.7. The Morgan fingerprint density at radius 1 is 1.62 bits per heavy atom. The number of hydrogen-bond donors (Lipinski definition) is 1. The highest BCUT2D eigenvalue weighted by Crippen LogP contribution is 2.22. The van der Waals surface area contributed by atoms with E-state index in [2.05, 4.69) is 21.6 Å². The van der Waals surface area contributed by atoms with E-state index in [0.29, 0.717) is 0 Å². The van der Waals surface area contributed by atoms with Crippen molar-refractivity contribution in [3.8, 4) is 11.8 Å². The highest BCUT2D eigenvalue weighted by Gasteiger charge is 2.14. The molecule has 0 aromatic carbocycles. The van der Waals surface area contributed by atoms with E-state index < -0.39 is 10.9 Å². The van der Waals surface area contributed by atoms with Gasteiger partial charge < -0.3 is 10.5 Å². The topological polar surface area (TPSA) is 108 Å². The number of anilines is 1. The molecule has 0 saturated carbocycles. The van der Waals surface area contributed by atoms with Gasteiger partial charge in [-0.3, -0.25) is 15.1 Å². The molecule has 0 spiro atoms. The summed E-state index contributed by atoms with van der Waals surface area (Å²) in [7, 11) is 1.17. The zero-order valence-corrected chi connectivity index (χ0v) is 8.26. The van der Waals surface area contributed by atoms with Crippen LogP contribution < -0.4 is 5.73 Å². The molecule has 2 N–H and O–H groups in total. The van der Waals surface area contributed by atoms with Gasteiger partial charge in [-0.15, -0.1) is 0 Å². The second kappa shape index (κ2) is 4.75. The lowest BCUT2D eigenvalue weighted by atomic mass is 10.2. The van der Waals surface area contributed by atoms with Crippen LogP contribution in [0.3, 0.4) is 0 Å². The summed E-state index contributed by atoms with van der Waals surface area (Å²) in [5.74, 6) is 3.69. The number of nitrogen functional groups attached to an aromatic ring is 1. The van der Waals surface area contributed by atoms with Gasteiger partial charge in [0.25, 0.3) is 0 Å². The van der Waals surface area contributed by atoms with Crippen molar-refractivity contribution in [2.45, 2.75) is 0 Å². The monoisotopic (exact) mass is 221 g/mol. The van der Waals surface area contributed by atoms with Gasteiger partial charge in [-0.25, -0.2) is 4.79 Å². The van der Waals surface area contributed by atoms with Crippen LogP contribution in [0.5, 0.6) is 0 Å². The summed E-state index contributed by atoms with van der Waals surface area (Å²) >= 11 is 0. The number of esters is 1. The molecule has 1 rings (SSSR count). The van der Waals surface area contributed by atoms with Crippen molar-refractivity contribution >= 4 is 17.3 Å². The van der Waals surface area contributed by atoms with Gasteiger partial charge in [0.15, 0.2) is 0 Å². The van der Waals surface area contributed by atoms with Crippen molar-refractivity contribution in [2.24, 2.45) is 0 Å². The van der Waals surface area contributed by atoms with Crippen LogP contribution in [-0.2, 0) is 9.53 Å². The van der Waals surface area contributed by atoms with E-state index in [0.717, 1.165) is 6.20 Å². The van der Waals surface area contributed by atoms with Crippen molar-refractivity contribution in [1.82, 2.24) is 4.98 Å². The first kappa shape index (κ1) is 11.5. The smallest absolute Gasteiger partial charge is 0.384 e. The Morgan fingerprint density at radius 3 is 2.88 bits per heavy atom. The molecule has 0 unspecified atom stereocenters. The number of nitro groups is 1. The largest absolute Gasteiger partial charge is 0.459 e. The molecule has 0 fully saturated rings. The van der Waals surface area contributed by atoms with Crippen molar-refractivity contribution < 1.29 is 14.5 Å². The number of pyridine rings is 1. The summed E-state index contributed by atoms with van der Waals surface area (Å²) < 4.78 is 4.28. The van der Waals surface area contributed by atoms with E-state index in [4.69, 9.17) is 5.73 Å². The molecule has 7 heteroatoms. The molecule has 16 heavy (non-hydrogen) atoms. The molecule has 0 atom stereocenters. The minimum Gasteiger partial charge on any atom is -0.459 e. The Hall–Kier alpha value is -2.62. The number of carbonyl (C=O) groups excluding carboxylic acids is 1. The van der Waals surface area contributed by atoms with E-state index in [-0.39, 0.29) is 16.9 Å². The van der Waals surface area contributed by atoms with Crippen LogP contribution in [0.2, 0.25) is 0 Å². The molecule has 1 aromatic heterocycles. The van der Waals surface area contributed by atoms with Gasteiger partial charge in [-0.2, -0.15) is 0 Å². The van der Waals surface area contributed by atoms with Crippen molar-refractivity contribution in [3.05, 3.63) is 28.1 Å². The molecule has 0 saturated heterocycles. The first-order chi connectivity index (χ1) is 7.56. The van der Waals surface area contributed by atoms with E-state index >= 15 is 0 Å². The first-order valence-electron chi connectivity index (χ1n) is 4.04. The normalized spacial score (nSPS) is 8.81. The first-order valence-corrected chi connectivity index (χ1v) is 4.04. The molecule has 0 amide bonds. The number of methoxy groups -OCH3 is 1. The highest BCUT2D eigenvalue weighted by atomic mass is 16.6. The Bertz CT molecular complexity index is 501. The van der Waals surface area contributed by atoms with Gasteiger partial charge in [-0.05, 0) is 0 Å². The van der Waals surface area contributed by atoms with Crippen LogP contribution in [0, 0.1) is 22.0 Å². The average Bonchev–Trinajstić information content (AvgIpc) is 2.26. The van der Waals surface area contributed by atoms with Gasteiger partial charge in [0.05, 0.1) is 17.6 Å². The molecular formula is C9H7N3O4. The molecule has 1 heterocycles. The third-order valence-corrected chi connectivity index (χ3v) is 1.65. The molecule has 1 aromatic rings. The van der Waals surface area contributed by atoms with Gasteiger partial charge in [0.1, 0.15) is 11.9 Å². The number of nitrogens with two attached hydrogens (primary N) is 1. The van der Waals surface area contributed by atoms with Crippen LogP contribution in [-0.4, -0.2) is 23.0 Å². The maximum Gasteiger partial charge on any atom is 0.384 e. The number of nitrogens with zero attached hydrogens (tertiary/aromatic N) is 2. The highest BCUT2D eigenvalue weighted by molar-refractivity contribution is 5.89. The number of ether oxygens (including phenoxy) is 1. The van der Waals surface area contributed by atoms with Crippen molar-refractivity contribution in [2.75, 3.05) is 12.8 Å². The van der Waals surface area contributed by atoms with Gasteiger partial charge in [0, 0.05) is 12.1 Å². The SMILES string of the molecule is COC(=O)C#Cc1cncc([N+](=O)[O-])c1N. The fraction of sp³-hybridized carbons (Fsp3) is 0.111. The lowest BCUT2D eigenvalue weighted by Gasteiger charge is -1.97. The van der Waals surface area contributed by atoms with Crippen molar-refractivity contribution in [1.29, 1.82) is 0 Å². The number of rotatable bonds is 1. The summed E-state index contributed by atoms with van der Waals surface area (Å²) in [5, 5.41) is 10.5. The molecule has 0 bridgehead atoms. The Balaban J connectivity index is 3.15. The minimum atomic E-state index is -0.758. The van der Waals surface area contributed by atoms with Crippen LogP contribution in [0.4, 0.5) is 11.4 Å². The third-order valence-electron chi connectivity index (χ3n) is 1.65. The molecule has 0 radical (unpaired) electrons. The van der Waals surface area contributed by atoms with Crippen LogP contribution in [0.25, 0.3) is 0 Å². The minimum absolute atomic E-state index is 0.111. The lowest BCUT2D eigenvalue weighted by molar-refractivity contribution is -0.384. The second-order valence-electron chi connectivity index (χ2n) is 2.62. The van der Waals surface area contributed by atoms with E-state index in [9.17, 15) is 14.9 Å². The average molecular weight is 221 g/mol. The number of aromatic nitrogens is 1. The number of carbonyl (C=O) groups is 1. The molecular weight excluding hydrogens is 214 g/mol. The van der Waals surface area contributed by atoms with E-state index in [1.807, 2.05) is 0 Å². The van der Waals surface area contributed by atoms with Crippen molar-refractivity contribution in [3.63, 3.8) is 0 Å². The predicted octanol–water partition coefficient (Wildman–Crippen LogP) is 0.0965. The summed E-state index contributed by atoms with van der Waals surface area (Å²) in [5.41, 5.74) is 5.11. The standard InChI is InChI=1S/C9H7N3O4/c1-16-8(13)3-2-6-4-11-5-7(9(6)10)12(14)15/h4-5H,1H3,(H2,10,11). The zero-order valence-electron chi connectivity index (χ0n) is 8.26.